The minimum Gasteiger partial charge on any atom is -0.455 e. The van der Waals surface area contributed by atoms with Gasteiger partial charge in [-0.2, -0.15) is 0 Å². The van der Waals surface area contributed by atoms with E-state index in [9.17, 15) is 0 Å². The van der Waals surface area contributed by atoms with Crippen molar-refractivity contribution in [3.05, 3.63) is 188 Å². The second-order valence-corrected chi connectivity index (χ2v) is 13.2. The maximum atomic E-state index is 6.48. The van der Waals surface area contributed by atoms with Gasteiger partial charge in [-0.1, -0.05) is 158 Å². The van der Waals surface area contributed by atoms with Gasteiger partial charge in [0.25, 0.3) is 0 Å². The number of aromatic nitrogens is 3. The average molecular weight is 678 g/mol. The van der Waals surface area contributed by atoms with Crippen molar-refractivity contribution in [3.63, 3.8) is 0 Å². The highest BCUT2D eigenvalue weighted by atomic mass is 16.3. The van der Waals surface area contributed by atoms with E-state index in [1.807, 2.05) is 54.6 Å². The fraction of sp³-hybridized carbons (Fsp3) is 0. The van der Waals surface area contributed by atoms with Crippen LogP contribution in [0.2, 0.25) is 0 Å². The lowest BCUT2D eigenvalue weighted by Crippen LogP contribution is -2.00. The topological polar surface area (TPSA) is 51.8 Å². The molecule has 8 aromatic carbocycles. The first-order chi connectivity index (χ1) is 26.2. The van der Waals surface area contributed by atoms with E-state index in [0.29, 0.717) is 17.5 Å². The predicted octanol–water partition coefficient (Wildman–Crippen LogP) is 12.9. The highest BCUT2D eigenvalue weighted by Gasteiger charge is 2.17. The monoisotopic (exact) mass is 677 g/mol. The molecule has 4 heteroatoms. The van der Waals surface area contributed by atoms with E-state index in [1.54, 1.807) is 0 Å². The third kappa shape index (κ3) is 5.63. The molecule has 0 amide bonds. The number of rotatable bonds is 6. The number of fused-ring (bicyclic) bond motifs is 5. The molecule has 4 nitrogen and oxygen atoms in total. The Morgan fingerprint density at radius 2 is 0.830 bits per heavy atom. The van der Waals surface area contributed by atoms with Crippen LogP contribution in [0.25, 0.3) is 100 Å². The molecule has 2 heterocycles. The first-order valence-electron chi connectivity index (χ1n) is 17.8. The third-order valence-electron chi connectivity index (χ3n) is 9.91. The SMILES string of the molecule is c1ccc(-c2cc(-c3ccccc3)cc(-c3nc(-c4ccccc4)nc(-c4ccc(-c5cccc6ccc7c8ccccc8oc7c56)cc4)n3)c2)cc1. The Kier molecular flexibility index (Phi) is 7.43. The zero-order valence-electron chi connectivity index (χ0n) is 28.6. The highest BCUT2D eigenvalue weighted by Crippen LogP contribution is 2.40. The van der Waals surface area contributed by atoms with Crippen LogP contribution in [0.1, 0.15) is 0 Å². The lowest BCUT2D eigenvalue weighted by molar-refractivity contribution is 0.673. The first-order valence-corrected chi connectivity index (χ1v) is 17.8. The Hall–Kier alpha value is -7.17. The summed E-state index contributed by atoms with van der Waals surface area (Å²) in [6, 6.07) is 65.2. The van der Waals surface area contributed by atoms with Crippen LogP contribution in [0, 0.1) is 0 Å². The van der Waals surface area contributed by atoms with Crippen molar-refractivity contribution in [2.45, 2.75) is 0 Å². The van der Waals surface area contributed by atoms with E-state index < -0.39 is 0 Å². The number of hydrogen-bond donors (Lipinski definition) is 0. The van der Waals surface area contributed by atoms with Crippen LogP contribution >= 0.6 is 0 Å². The Morgan fingerprint density at radius 1 is 0.321 bits per heavy atom. The molecule has 0 saturated carbocycles. The van der Waals surface area contributed by atoms with Gasteiger partial charge in [0, 0.05) is 32.8 Å². The van der Waals surface area contributed by atoms with Gasteiger partial charge in [0.1, 0.15) is 11.2 Å². The number of benzene rings is 8. The molecule has 0 aliphatic rings. The highest BCUT2D eigenvalue weighted by molar-refractivity contribution is 6.18. The van der Waals surface area contributed by atoms with Crippen LogP contribution in [0.4, 0.5) is 0 Å². The summed E-state index contributed by atoms with van der Waals surface area (Å²) < 4.78 is 6.48. The molecule has 10 rings (SSSR count). The Bertz CT molecular complexity index is 2860. The van der Waals surface area contributed by atoms with E-state index in [-0.39, 0.29) is 0 Å². The summed E-state index contributed by atoms with van der Waals surface area (Å²) in [7, 11) is 0. The molecule has 0 N–H and O–H groups in total. The minimum atomic E-state index is 0.615. The second-order valence-electron chi connectivity index (χ2n) is 13.2. The fourth-order valence-corrected chi connectivity index (χ4v) is 7.29. The van der Waals surface area contributed by atoms with E-state index in [1.165, 1.54) is 0 Å². The van der Waals surface area contributed by atoms with Crippen molar-refractivity contribution in [1.29, 1.82) is 0 Å². The van der Waals surface area contributed by atoms with Gasteiger partial charge in [-0.3, -0.25) is 0 Å². The van der Waals surface area contributed by atoms with Crippen LogP contribution in [0.3, 0.4) is 0 Å². The molecule has 248 valence electrons. The number of furan rings is 1. The molecular formula is C49H31N3O. The van der Waals surface area contributed by atoms with Crippen molar-refractivity contribution >= 4 is 32.7 Å². The van der Waals surface area contributed by atoms with Crippen molar-refractivity contribution in [3.8, 4) is 67.5 Å². The molecule has 0 radical (unpaired) electrons. The zero-order chi connectivity index (χ0) is 35.1. The van der Waals surface area contributed by atoms with Crippen LogP contribution in [-0.4, -0.2) is 15.0 Å². The van der Waals surface area contributed by atoms with Crippen LogP contribution < -0.4 is 0 Å². The van der Waals surface area contributed by atoms with Crippen molar-refractivity contribution < 1.29 is 4.42 Å². The van der Waals surface area contributed by atoms with Crippen molar-refractivity contribution in [2.24, 2.45) is 0 Å². The normalized spacial score (nSPS) is 11.4. The summed E-state index contributed by atoms with van der Waals surface area (Å²) in [5.41, 5.74) is 11.2. The summed E-state index contributed by atoms with van der Waals surface area (Å²) in [5, 5.41) is 4.49. The van der Waals surface area contributed by atoms with E-state index >= 15 is 0 Å². The van der Waals surface area contributed by atoms with E-state index in [4.69, 9.17) is 19.4 Å². The molecule has 0 unspecified atom stereocenters. The predicted molar refractivity (Wildman–Crippen MR) is 217 cm³/mol. The summed E-state index contributed by atoms with van der Waals surface area (Å²) in [6.45, 7) is 0. The molecule has 0 spiro atoms. The van der Waals surface area contributed by atoms with E-state index in [2.05, 4.69) is 133 Å². The summed E-state index contributed by atoms with van der Waals surface area (Å²) in [4.78, 5) is 15.3. The molecule has 0 atom stereocenters. The quantitative estimate of drug-likeness (QED) is 0.176. The summed E-state index contributed by atoms with van der Waals surface area (Å²) in [6.07, 6.45) is 0. The van der Waals surface area contributed by atoms with Gasteiger partial charge in [0.05, 0.1) is 0 Å². The number of nitrogens with zero attached hydrogens (tertiary/aromatic N) is 3. The van der Waals surface area contributed by atoms with Crippen molar-refractivity contribution in [2.75, 3.05) is 0 Å². The number of hydrogen-bond acceptors (Lipinski definition) is 4. The molecule has 53 heavy (non-hydrogen) atoms. The van der Waals surface area contributed by atoms with Gasteiger partial charge in [-0.05, 0) is 69.1 Å². The molecule has 0 fully saturated rings. The van der Waals surface area contributed by atoms with Gasteiger partial charge < -0.3 is 4.42 Å². The van der Waals surface area contributed by atoms with Crippen LogP contribution in [0.5, 0.6) is 0 Å². The van der Waals surface area contributed by atoms with Gasteiger partial charge in [0.2, 0.25) is 0 Å². The second kappa shape index (κ2) is 12.9. The van der Waals surface area contributed by atoms with Gasteiger partial charge in [0.15, 0.2) is 17.5 Å². The van der Waals surface area contributed by atoms with Crippen LogP contribution in [-0.2, 0) is 0 Å². The minimum absolute atomic E-state index is 0.615. The van der Waals surface area contributed by atoms with Gasteiger partial charge >= 0.3 is 0 Å². The third-order valence-corrected chi connectivity index (χ3v) is 9.91. The molecule has 0 saturated heterocycles. The van der Waals surface area contributed by atoms with Gasteiger partial charge in [-0.15, -0.1) is 0 Å². The Morgan fingerprint density at radius 3 is 1.47 bits per heavy atom. The molecule has 10 aromatic rings. The van der Waals surface area contributed by atoms with Crippen molar-refractivity contribution in [1.82, 2.24) is 15.0 Å². The summed E-state index contributed by atoms with van der Waals surface area (Å²) in [5.74, 6) is 1.86. The largest absolute Gasteiger partial charge is 0.455 e. The maximum absolute atomic E-state index is 6.48. The zero-order valence-corrected chi connectivity index (χ0v) is 28.6. The van der Waals surface area contributed by atoms with Gasteiger partial charge in [-0.25, -0.2) is 15.0 Å². The number of para-hydroxylation sites is 1. The molecule has 0 aliphatic heterocycles. The first kappa shape index (κ1) is 30.6. The molecular weight excluding hydrogens is 647 g/mol. The maximum Gasteiger partial charge on any atom is 0.164 e. The lowest BCUT2D eigenvalue weighted by atomic mass is 9.95. The average Bonchev–Trinajstić information content (AvgIpc) is 3.63. The summed E-state index contributed by atoms with van der Waals surface area (Å²) >= 11 is 0. The standard InChI is InChI=1S/C49H31N3O/c1-4-13-32(14-5-1)38-29-39(33-15-6-2-7-16-33)31-40(30-38)49-51-47(36-17-8-3-9-18-36)50-48(52-49)37-25-23-34(24-26-37)41-21-12-19-35-27-28-43-42-20-10-11-22-44(42)53-46(43)45(35)41/h1-31H. The van der Waals surface area contributed by atoms with Crippen LogP contribution in [0.15, 0.2) is 192 Å². The fourth-order valence-electron chi connectivity index (χ4n) is 7.29. The Balaban J connectivity index is 1.12. The molecule has 2 aromatic heterocycles. The van der Waals surface area contributed by atoms with E-state index in [0.717, 1.165) is 82.8 Å². The molecule has 0 aliphatic carbocycles. The smallest absolute Gasteiger partial charge is 0.164 e. The Labute approximate surface area is 306 Å². The lowest BCUT2D eigenvalue weighted by Gasteiger charge is -2.13. The molecule has 0 bridgehead atoms.